The second-order valence-electron chi connectivity index (χ2n) is 3.08. The van der Waals surface area contributed by atoms with E-state index in [9.17, 15) is 9.90 Å². The number of rotatable bonds is 2. The molecule has 1 fully saturated rings. The first-order chi connectivity index (χ1) is 4.66. The fourth-order valence-corrected chi connectivity index (χ4v) is 1.38. The first-order valence-corrected chi connectivity index (χ1v) is 3.51. The number of carbonyl (C=O) groups excluding carboxylic acids is 1. The van der Waals surface area contributed by atoms with Gasteiger partial charge in [0, 0.05) is 19.5 Å². The van der Waals surface area contributed by atoms with Crippen molar-refractivity contribution in [2.24, 2.45) is 0 Å². The maximum absolute atomic E-state index is 10.1. The third kappa shape index (κ3) is 1.55. The van der Waals surface area contributed by atoms with Crippen LogP contribution in [0.5, 0.6) is 0 Å². The molecule has 1 unspecified atom stereocenters. The molecule has 1 aliphatic heterocycles. The number of aliphatic hydroxyl groups is 1. The minimum atomic E-state index is -0.726. The molecular weight excluding hydrogens is 130 g/mol. The van der Waals surface area contributed by atoms with Gasteiger partial charge in [-0.15, -0.1) is 0 Å². The SMILES string of the molecule is CN1CCC(O)(CC=O)C1. The predicted molar refractivity (Wildman–Crippen MR) is 37.7 cm³/mol. The summed E-state index contributed by atoms with van der Waals surface area (Å²) in [6.07, 6.45) is 1.79. The van der Waals surface area contributed by atoms with Gasteiger partial charge in [-0.3, -0.25) is 0 Å². The van der Waals surface area contributed by atoms with Crippen molar-refractivity contribution < 1.29 is 9.90 Å². The lowest BCUT2D eigenvalue weighted by atomic mass is 10.0. The van der Waals surface area contributed by atoms with Crippen LogP contribution in [0.15, 0.2) is 0 Å². The summed E-state index contributed by atoms with van der Waals surface area (Å²) in [5, 5.41) is 9.59. The van der Waals surface area contributed by atoms with Crippen LogP contribution >= 0.6 is 0 Å². The summed E-state index contributed by atoms with van der Waals surface area (Å²) < 4.78 is 0. The molecule has 1 heterocycles. The van der Waals surface area contributed by atoms with Crippen molar-refractivity contribution in [3.63, 3.8) is 0 Å². The van der Waals surface area contributed by atoms with E-state index in [4.69, 9.17) is 0 Å². The van der Waals surface area contributed by atoms with Crippen LogP contribution in [0.1, 0.15) is 12.8 Å². The summed E-state index contributed by atoms with van der Waals surface area (Å²) in [5.41, 5.74) is -0.726. The van der Waals surface area contributed by atoms with Crippen LogP contribution in [0.4, 0.5) is 0 Å². The lowest BCUT2D eigenvalue weighted by Crippen LogP contribution is -2.32. The van der Waals surface area contributed by atoms with E-state index in [-0.39, 0.29) is 6.42 Å². The van der Waals surface area contributed by atoms with E-state index < -0.39 is 5.60 Å². The maximum atomic E-state index is 10.1. The standard InChI is InChI=1S/C7H13NO2/c1-8-4-2-7(10,6-8)3-5-9/h5,10H,2-4,6H2,1H3. The van der Waals surface area contributed by atoms with Crippen LogP contribution < -0.4 is 0 Å². The molecule has 1 atom stereocenters. The molecule has 0 aromatic carbocycles. The lowest BCUT2D eigenvalue weighted by Gasteiger charge is -2.18. The Kier molecular flexibility index (Phi) is 2.06. The Morgan fingerprint density at radius 3 is 2.90 bits per heavy atom. The van der Waals surface area contributed by atoms with E-state index in [1.54, 1.807) is 0 Å². The predicted octanol–water partition coefficient (Wildman–Crippen LogP) is -0.358. The topological polar surface area (TPSA) is 40.5 Å². The van der Waals surface area contributed by atoms with E-state index in [2.05, 4.69) is 0 Å². The maximum Gasteiger partial charge on any atom is 0.122 e. The number of nitrogens with zero attached hydrogens (tertiary/aromatic N) is 1. The van der Waals surface area contributed by atoms with Gasteiger partial charge in [-0.25, -0.2) is 0 Å². The highest BCUT2D eigenvalue weighted by Crippen LogP contribution is 2.21. The van der Waals surface area contributed by atoms with Gasteiger partial charge < -0.3 is 14.8 Å². The van der Waals surface area contributed by atoms with Crippen molar-refractivity contribution in [2.75, 3.05) is 20.1 Å². The van der Waals surface area contributed by atoms with Crippen LogP contribution in [0.3, 0.4) is 0 Å². The molecule has 3 nitrogen and oxygen atoms in total. The Balaban J connectivity index is 2.45. The molecule has 1 N–H and O–H groups in total. The molecule has 0 saturated carbocycles. The van der Waals surface area contributed by atoms with Gasteiger partial charge in [0.05, 0.1) is 5.60 Å². The Hall–Kier alpha value is -0.410. The van der Waals surface area contributed by atoms with E-state index in [0.717, 1.165) is 19.3 Å². The number of β-amino-alcohol motifs (C(OH)–C–C–N with tert-alkyl or cyclic N) is 1. The molecular formula is C7H13NO2. The van der Waals surface area contributed by atoms with E-state index in [0.29, 0.717) is 6.54 Å². The number of likely N-dealkylation sites (tertiary alicyclic amines) is 1. The Morgan fingerprint density at radius 2 is 2.50 bits per heavy atom. The van der Waals surface area contributed by atoms with Gasteiger partial charge in [0.2, 0.25) is 0 Å². The van der Waals surface area contributed by atoms with Crippen molar-refractivity contribution in [1.29, 1.82) is 0 Å². The molecule has 0 aromatic rings. The zero-order chi connectivity index (χ0) is 7.61. The molecule has 0 radical (unpaired) electrons. The Morgan fingerprint density at radius 1 is 1.80 bits per heavy atom. The highest BCUT2D eigenvalue weighted by molar-refractivity contribution is 5.51. The molecule has 0 bridgehead atoms. The Bertz CT molecular complexity index is 138. The second kappa shape index (κ2) is 2.68. The van der Waals surface area contributed by atoms with E-state index in [1.807, 2.05) is 11.9 Å². The van der Waals surface area contributed by atoms with E-state index in [1.165, 1.54) is 0 Å². The van der Waals surface area contributed by atoms with Crippen LogP contribution in [0, 0.1) is 0 Å². The van der Waals surface area contributed by atoms with Gasteiger partial charge in [0.25, 0.3) is 0 Å². The summed E-state index contributed by atoms with van der Waals surface area (Å²) in [6, 6.07) is 0. The smallest absolute Gasteiger partial charge is 0.122 e. The van der Waals surface area contributed by atoms with Gasteiger partial charge in [0.1, 0.15) is 6.29 Å². The normalized spacial score (nSPS) is 34.6. The number of likely N-dealkylation sites (N-methyl/N-ethyl adjacent to an activating group) is 1. The average molecular weight is 143 g/mol. The summed E-state index contributed by atoms with van der Waals surface area (Å²) in [5.74, 6) is 0. The van der Waals surface area contributed by atoms with Gasteiger partial charge in [-0.1, -0.05) is 0 Å². The first kappa shape index (κ1) is 7.69. The largest absolute Gasteiger partial charge is 0.388 e. The molecule has 0 spiro atoms. The van der Waals surface area contributed by atoms with Crippen LogP contribution in [0.25, 0.3) is 0 Å². The number of aldehydes is 1. The lowest BCUT2D eigenvalue weighted by molar-refractivity contribution is -0.111. The zero-order valence-corrected chi connectivity index (χ0v) is 6.21. The summed E-state index contributed by atoms with van der Waals surface area (Å²) >= 11 is 0. The molecule has 1 rings (SSSR count). The van der Waals surface area contributed by atoms with Crippen molar-refractivity contribution >= 4 is 6.29 Å². The Labute approximate surface area is 60.6 Å². The molecule has 10 heavy (non-hydrogen) atoms. The quantitative estimate of drug-likeness (QED) is 0.537. The van der Waals surface area contributed by atoms with Crippen molar-refractivity contribution in [3.8, 4) is 0 Å². The second-order valence-corrected chi connectivity index (χ2v) is 3.08. The summed E-state index contributed by atoms with van der Waals surface area (Å²) in [4.78, 5) is 12.1. The molecule has 0 aliphatic carbocycles. The fraction of sp³-hybridized carbons (Fsp3) is 0.857. The number of hydrogen-bond acceptors (Lipinski definition) is 3. The van der Waals surface area contributed by atoms with Crippen molar-refractivity contribution in [3.05, 3.63) is 0 Å². The van der Waals surface area contributed by atoms with Gasteiger partial charge in [-0.2, -0.15) is 0 Å². The summed E-state index contributed by atoms with van der Waals surface area (Å²) in [7, 11) is 1.95. The zero-order valence-electron chi connectivity index (χ0n) is 6.21. The third-order valence-electron chi connectivity index (χ3n) is 1.99. The molecule has 1 saturated heterocycles. The molecule has 3 heteroatoms. The van der Waals surface area contributed by atoms with E-state index >= 15 is 0 Å². The highest BCUT2D eigenvalue weighted by Gasteiger charge is 2.33. The monoisotopic (exact) mass is 143 g/mol. The van der Waals surface area contributed by atoms with Gasteiger partial charge >= 0.3 is 0 Å². The summed E-state index contributed by atoms with van der Waals surface area (Å²) in [6.45, 7) is 1.52. The number of carbonyl (C=O) groups is 1. The third-order valence-corrected chi connectivity index (χ3v) is 1.99. The number of hydrogen-bond donors (Lipinski definition) is 1. The van der Waals surface area contributed by atoms with Crippen LogP contribution in [-0.4, -0.2) is 42.0 Å². The first-order valence-electron chi connectivity index (χ1n) is 3.51. The van der Waals surface area contributed by atoms with Gasteiger partial charge in [0.15, 0.2) is 0 Å². The van der Waals surface area contributed by atoms with Crippen LogP contribution in [0.2, 0.25) is 0 Å². The highest BCUT2D eigenvalue weighted by atomic mass is 16.3. The van der Waals surface area contributed by atoms with Crippen LogP contribution in [-0.2, 0) is 4.79 Å². The molecule has 58 valence electrons. The fourth-order valence-electron chi connectivity index (χ4n) is 1.38. The average Bonchev–Trinajstić information content (AvgIpc) is 2.12. The molecule has 1 aliphatic rings. The molecule has 0 aromatic heterocycles. The minimum absolute atomic E-state index is 0.275. The minimum Gasteiger partial charge on any atom is -0.388 e. The molecule has 0 amide bonds. The van der Waals surface area contributed by atoms with Crippen molar-refractivity contribution in [2.45, 2.75) is 18.4 Å². The van der Waals surface area contributed by atoms with Gasteiger partial charge in [-0.05, 0) is 13.5 Å². The van der Waals surface area contributed by atoms with Crippen molar-refractivity contribution in [1.82, 2.24) is 4.90 Å².